The number of rotatable bonds is 15. The van der Waals surface area contributed by atoms with E-state index in [2.05, 4.69) is 15.6 Å². The van der Waals surface area contributed by atoms with Crippen molar-refractivity contribution in [3.8, 4) is 0 Å². The first-order valence-electron chi connectivity index (χ1n) is 14.2. The summed E-state index contributed by atoms with van der Waals surface area (Å²) in [4.78, 5) is 69.1. The highest BCUT2D eigenvalue weighted by Crippen LogP contribution is 2.20. The average molecular weight is 611 g/mol. The molecule has 0 bridgehead atoms. The Kier molecular flexibility index (Phi) is 13.0. The number of benzene rings is 2. The highest BCUT2D eigenvalue weighted by atomic mass is 16.5. The number of alkyl carbamates (subject to hydrolysis) is 1. The van der Waals surface area contributed by atoms with Crippen molar-refractivity contribution in [3.05, 3.63) is 71.8 Å². The molecule has 3 amide bonds. The van der Waals surface area contributed by atoms with E-state index in [0.29, 0.717) is 12.8 Å². The number of aliphatic imine (C=N–C) groups is 1. The van der Waals surface area contributed by atoms with E-state index in [9.17, 15) is 29.1 Å². The second-order valence-corrected chi connectivity index (χ2v) is 10.1. The van der Waals surface area contributed by atoms with Gasteiger partial charge in [0.25, 0.3) is 0 Å². The molecule has 14 heteroatoms. The Morgan fingerprint density at radius 3 is 2.11 bits per heavy atom. The highest BCUT2D eigenvalue weighted by molar-refractivity contribution is 5.95. The normalized spacial score (nSPS) is 15.4. The van der Waals surface area contributed by atoms with Gasteiger partial charge in [-0.25, -0.2) is 9.59 Å². The van der Waals surface area contributed by atoms with Gasteiger partial charge < -0.3 is 41.6 Å². The molecular weight excluding hydrogens is 572 g/mol. The molecule has 7 N–H and O–H groups in total. The third kappa shape index (κ3) is 10.9. The summed E-state index contributed by atoms with van der Waals surface area (Å²) >= 11 is 0. The summed E-state index contributed by atoms with van der Waals surface area (Å²) in [7, 11) is 0. The van der Waals surface area contributed by atoms with E-state index in [1.165, 1.54) is 4.90 Å². The van der Waals surface area contributed by atoms with Crippen LogP contribution in [0.1, 0.15) is 43.2 Å². The van der Waals surface area contributed by atoms with Crippen molar-refractivity contribution < 1.29 is 38.6 Å². The largest absolute Gasteiger partial charge is 0.480 e. The SMILES string of the molecule is NC(N)=NCCC[C@H](NC(=O)[C@@H]1CCCN1C(=O)[C@H](CC(=O)OCc1ccccc1)NC(=O)OCc1ccccc1)C(=O)O. The van der Waals surface area contributed by atoms with Crippen LogP contribution in [-0.4, -0.2) is 77.0 Å². The molecule has 44 heavy (non-hydrogen) atoms. The van der Waals surface area contributed by atoms with E-state index in [4.69, 9.17) is 20.9 Å². The van der Waals surface area contributed by atoms with Crippen LogP contribution in [0.25, 0.3) is 0 Å². The first kappa shape index (κ1) is 33.4. The van der Waals surface area contributed by atoms with Crippen LogP contribution in [0.5, 0.6) is 0 Å². The molecule has 3 atom stereocenters. The van der Waals surface area contributed by atoms with E-state index < -0.39 is 54.4 Å². The number of nitrogens with zero attached hydrogens (tertiary/aromatic N) is 2. The van der Waals surface area contributed by atoms with Crippen LogP contribution in [-0.2, 0) is 41.9 Å². The van der Waals surface area contributed by atoms with Crippen molar-refractivity contribution in [2.24, 2.45) is 16.5 Å². The van der Waals surface area contributed by atoms with Crippen LogP contribution in [0.2, 0.25) is 0 Å². The molecule has 0 aliphatic carbocycles. The molecule has 1 aliphatic heterocycles. The number of amides is 3. The second kappa shape index (κ2) is 17.1. The van der Waals surface area contributed by atoms with Gasteiger partial charge in [-0.05, 0) is 36.8 Å². The number of guanidine groups is 1. The van der Waals surface area contributed by atoms with Crippen LogP contribution in [0.15, 0.2) is 65.7 Å². The fourth-order valence-electron chi connectivity index (χ4n) is 4.60. The Bertz CT molecular complexity index is 1250. The molecule has 2 aromatic carbocycles. The summed E-state index contributed by atoms with van der Waals surface area (Å²) in [6.07, 6.45) is -0.375. The zero-order valence-corrected chi connectivity index (χ0v) is 24.2. The van der Waals surface area contributed by atoms with Gasteiger partial charge in [0.1, 0.15) is 31.3 Å². The third-order valence-corrected chi connectivity index (χ3v) is 6.81. The van der Waals surface area contributed by atoms with Gasteiger partial charge >= 0.3 is 18.0 Å². The van der Waals surface area contributed by atoms with E-state index in [-0.39, 0.29) is 45.1 Å². The molecular formula is C30H38N6O8. The lowest BCUT2D eigenvalue weighted by molar-refractivity contribution is -0.149. The lowest BCUT2D eigenvalue weighted by atomic mass is 10.1. The van der Waals surface area contributed by atoms with Crippen molar-refractivity contribution >= 4 is 35.8 Å². The third-order valence-electron chi connectivity index (χ3n) is 6.81. The first-order valence-corrected chi connectivity index (χ1v) is 14.2. The second-order valence-electron chi connectivity index (χ2n) is 10.1. The fourth-order valence-corrected chi connectivity index (χ4v) is 4.60. The number of carboxylic acids is 1. The molecule has 1 fully saturated rings. The van der Waals surface area contributed by atoms with Gasteiger partial charge in [0.05, 0.1) is 6.42 Å². The van der Waals surface area contributed by atoms with Gasteiger partial charge in [-0.2, -0.15) is 0 Å². The van der Waals surface area contributed by atoms with Crippen LogP contribution in [0.4, 0.5) is 4.79 Å². The van der Waals surface area contributed by atoms with Gasteiger partial charge in [-0.1, -0.05) is 60.7 Å². The molecule has 0 unspecified atom stereocenters. The minimum Gasteiger partial charge on any atom is -0.480 e. The molecule has 2 aromatic rings. The van der Waals surface area contributed by atoms with Gasteiger partial charge in [0.2, 0.25) is 11.8 Å². The van der Waals surface area contributed by atoms with Crippen molar-refractivity contribution in [1.29, 1.82) is 0 Å². The topological polar surface area (TPSA) is 216 Å². The van der Waals surface area contributed by atoms with Crippen LogP contribution in [0.3, 0.4) is 0 Å². The minimum absolute atomic E-state index is 0.0342. The molecule has 236 valence electrons. The number of likely N-dealkylation sites (tertiary alicyclic amines) is 1. The predicted molar refractivity (Wildman–Crippen MR) is 159 cm³/mol. The Morgan fingerprint density at radius 1 is 0.909 bits per heavy atom. The average Bonchev–Trinajstić information content (AvgIpc) is 3.51. The monoisotopic (exact) mass is 610 g/mol. The summed E-state index contributed by atoms with van der Waals surface area (Å²) in [5.41, 5.74) is 12.0. The first-order chi connectivity index (χ1) is 21.1. The van der Waals surface area contributed by atoms with Crippen LogP contribution >= 0.6 is 0 Å². The standard InChI is InChI=1S/C30H38N6O8/c31-29(32)33-15-7-13-22(28(40)41)34-26(38)24-14-8-16-36(24)27(39)23(17-25(37)43-18-20-9-3-1-4-10-20)35-30(42)44-19-21-11-5-2-6-12-21/h1-6,9-12,22-24H,7-8,13-19H2,(H,34,38)(H,35,42)(H,40,41)(H4,31,32,33)/t22-,23-,24-/m0/s1. The predicted octanol–water partition coefficient (Wildman–Crippen LogP) is 1.03. The van der Waals surface area contributed by atoms with Gasteiger partial charge in [0, 0.05) is 13.1 Å². The highest BCUT2D eigenvalue weighted by Gasteiger charge is 2.39. The molecule has 0 aromatic heterocycles. The Balaban J connectivity index is 1.68. The molecule has 3 rings (SSSR count). The number of carboxylic acid groups (broad SMARTS) is 1. The maximum Gasteiger partial charge on any atom is 0.408 e. The van der Waals surface area contributed by atoms with E-state index in [0.717, 1.165) is 11.1 Å². The number of carbonyl (C=O) groups excluding carboxylic acids is 4. The van der Waals surface area contributed by atoms with E-state index in [1.807, 2.05) is 12.1 Å². The molecule has 0 spiro atoms. The summed E-state index contributed by atoms with van der Waals surface area (Å²) in [6.45, 7) is 0.244. The van der Waals surface area contributed by atoms with Crippen molar-refractivity contribution in [2.45, 2.75) is 63.4 Å². The smallest absolute Gasteiger partial charge is 0.408 e. The number of hydrogen-bond donors (Lipinski definition) is 5. The number of esters is 1. The Morgan fingerprint density at radius 2 is 1.52 bits per heavy atom. The van der Waals surface area contributed by atoms with E-state index >= 15 is 0 Å². The molecule has 1 aliphatic rings. The molecule has 1 saturated heterocycles. The van der Waals surface area contributed by atoms with Gasteiger partial charge in [-0.15, -0.1) is 0 Å². The Labute approximate surface area is 254 Å². The van der Waals surface area contributed by atoms with Gasteiger partial charge in [0.15, 0.2) is 5.96 Å². The number of nitrogens with two attached hydrogens (primary N) is 2. The lowest BCUT2D eigenvalue weighted by Gasteiger charge is -2.29. The zero-order valence-electron chi connectivity index (χ0n) is 24.2. The van der Waals surface area contributed by atoms with Crippen LogP contribution in [0, 0.1) is 0 Å². The lowest BCUT2D eigenvalue weighted by Crippen LogP contribution is -2.55. The summed E-state index contributed by atoms with van der Waals surface area (Å²) < 4.78 is 10.6. The number of nitrogens with one attached hydrogen (secondary N) is 2. The van der Waals surface area contributed by atoms with E-state index in [1.54, 1.807) is 48.5 Å². The molecule has 0 radical (unpaired) electrons. The van der Waals surface area contributed by atoms with Crippen molar-refractivity contribution in [2.75, 3.05) is 13.1 Å². The summed E-state index contributed by atoms with van der Waals surface area (Å²) in [5, 5.41) is 14.5. The summed E-state index contributed by atoms with van der Waals surface area (Å²) in [5.74, 6) is -3.49. The number of carbonyl (C=O) groups is 5. The number of ether oxygens (including phenoxy) is 2. The van der Waals surface area contributed by atoms with Crippen molar-refractivity contribution in [1.82, 2.24) is 15.5 Å². The quantitative estimate of drug-likeness (QED) is 0.0835. The maximum atomic E-state index is 13.7. The maximum absolute atomic E-state index is 13.7. The number of aliphatic carboxylic acids is 1. The summed E-state index contributed by atoms with van der Waals surface area (Å²) in [6, 6.07) is 14.2. The molecule has 14 nitrogen and oxygen atoms in total. The minimum atomic E-state index is -1.40. The number of hydrogen-bond acceptors (Lipinski definition) is 8. The van der Waals surface area contributed by atoms with Crippen molar-refractivity contribution in [3.63, 3.8) is 0 Å². The fraction of sp³-hybridized carbons (Fsp3) is 0.400. The van der Waals surface area contributed by atoms with Crippen LogP contribution < -0.4 is 22.1 Å². The van der Waals surface area contributed by atoms with Gasteiger partial charge in [-0.3, -0.25) is 19.4 Å². The molecule has 1 heterocycles. The Hall–Kier alpha value is -5.14. The molecule has 0 saturated carbocycles. The zero-order chi connectivity index (χ0) is 31.9.